The Labute approximate surface area is 259 Å². The number of rotatable bonds is 13. The van der Waals surface area contributed by atoms with Crippen molar-refractivity contribution in [3.63, 3.8) is 0 Å². The molecule has 3 heterocycles. The fourth-order valence-corrected chi connectivity index (χ4v) is 7.49. The lowest BCUT2D eigenvalue weighted by Crippen LogP contribution is -2.47. The number of imide groups is 1. The number of aliphatic hydroxyl groups excluding tert-OH is 4. The van der Waals surface area contributed by atoms with Crippen LogP contribution in [-0.4, -0.2) is 80.5 Å². The number of likely N-dealkylation sites (tertiary alicyclic amines) is 2. The molecule has 2 saturated heterocycles. The fraction of sp³-hybridized carbons (Fsp3) is 0.543. The van der Waals surface area contributed by atoms with E-state index < -0.39 is 23.9 Å². The molecule has 3 aliphatic rings. The number of amides is 2. The minimum atomic E-state index is -0.974. The molecule has 9 heteroatoms. The second-order valence-electron chi connectivity index (χ2n) is 12.5. The second-order valence-corrected chi connectivity index (χ2v) is 12.5. The molecule has 2 aliphatic heterocycles. The zero-order valence-corrected chi connectivity index (χ0v) is 25.6. The monoisotopic (exact) mass is 606 g/mol. The van der Waals surface area contributed by atoms with Crippen molar-refractivity contribution in [2.45, 2.75) is 77.2 Å². The Hall–Kier alpha value is -3.08. The van der Waals surface area contributed by atoms with E-state index >= 15 is 0 Å². The summed E-state index contributed by atoms with van der Waals surface area (Å²) in [4.78, 5) is 31.4. The Morgan fingerprint density at radius 3 is 2.39 bits per heavy atom. The smallest absolute Gasteiger partial charge is 0.234 e. The molecule has 0 spiro atoms. The molecule has 238 valence electrons. The molecule has 44 heavy (non-hydrogen) atoms. The summed E-state index contributed by atoms with van der Waals surface area (Å²) in [6, 6.07) is 13.6. The normalized spacial score (nSPS) is 24.3. The Balaban J connectivity index is 1.27. The van der Waals surface area contributed by atoms with E-state index in [-0.39, 0.29) is 44.1 Å². The topological polar surface area (TPSA) is 135 Å². The lowest BCUT2D eigenvalue weighted by molar-refractivity contribution is -0.144. The number of allylic oxidation sites excluding steroid dienone is 1. The molecule has 2 amide bonds. The van der Waals surface area contributed by atoms with Crippen LogP contribution >= 0.6 is 0 Å². The van der Waals surface area contributed by atoms with Crippen molar-refractivity contribution in [3.05, 3.63) is 76.3 Å². The average molecular weight is 607 g/mol. The summed E-state index contributed by atoms with van der Waals surface area (Å²) >= 11 is 0. The maximum Gasteiger partial charge on any atom is 0.234 e. The number of piperidine rings is 1. The largest absolute Gasteiger partial charge is 0.459 e. The van der Waals surface area contributed by atoms with Gasteiger partial charge in [0.1, 0.15) is 18.1 Å². The summed E-state index contributed by atoms with van der Waals surface area (Å²) < 4.78 is 5.62. The molecule has 1 aliphatic carbocycles. The van der Waals surface area contributed by atoms with Gasteiger partial charge in [0.05, 0.1) is 31.2 Å². The minimum absolute atomic E-state index is 0.176. The van der Waals surface area contributed by atoms with Gasteiger partial charge in [-0.1, -0.05) is 49.2 Å². The van der Waals surface area contributed by atoms with Crippen LogP contribution in [0.5, 0.6) is 0 Å². The van der Waals surface area contributed by atoms with Gasteiger partial charge in [0, 0.05) is 31.6 Å². The summed E-state index contributed by atoms with van der Waals surface area (Å²) in [7, 11) is 0. The van der Waals surface area contributed by atoms with E-state index in [1.165, 1.54) is 10.5 Å². The number of hydrogen-bond donors (Lipinski definition) is 4. The van der Waals surface area contributed by atoms with Gasteiger partial charge in [-0.2, -0.15) is 0 Å². The van der Waals surface area contributed by atoms with Gasteiger partial charge in [0.2, 0.25) is 11.8 Å². The van der Waals surface area contributed by atoms with Crippen molar-refractivity contribution >= 4 is 17.9 Å². The number of benzene rings is 1. The maximum atomic E-state index is 13.9. The van der Waals surface area contributed by atoms with Crippen LogP contribution in [0.15, 0.2) is 63.6 Å². The van der Waals surface area contributed by atoms with Crippen molar-refractivity contribution in [2.24, 2.45) is 17.8 Å². The zero-order valence-electron chi connectivity index (χ0n) is 25.6. The van der Waals surface area contributed by atoms with Crippen LogP contribution in [-0.2, 0) is 22.7 Å². The molecule has 1 aromatic carbocycles. The van der Waals surface area contributed by atoms with Crippen LogP contribution in [0, 0.1) is 17.8 Å². The lowest BCUT2D eigenvalue weighted by atomic mass is 9.68. The third kappa shape index (κ3) is 6.92. The first kappa shape index (κ1) is 32.3. The average Bonchev–Trinajstić information content (AvgIpc) is 3.60. The van der Waals surface area contributed by atoms with E-state index in [0.29, 0.717) is 48.3 Å². The van der Waals surface area contributed by atoms with Gasteiger partial charge in [-0.05, 0) is 73.4 Å². The van der Waals surface area contributed by atoms with Gasteiger partial charge in [-0.25, -0.2) is 0 Å². The first-order valence-corrected chi connectivity index (χ1v) is 16.0. The summed E-state index contributed by atoms with van der Waals surface area (Å²) in [5.74, 6) is -1.44. The number of furan rings is 1. The van der Waals surface area contributed by atoms with Gasteiger partial charge in [0.15, 0.2) is 0 Å². The predicted octanol–water partition coefficient (Wildman–Crippen LogP) is 3.66. The summed E-state index contributed by atoms with van der Waals surface area (Å²) in [5, 5.41) is 41.7. The third-order valence-corrected chi connectivity index (χ3v) is 9.63. The lowest BCUT2D eigenvalue weighted by Gasteiger charge is -2.36. The van der Waals surface area contributed by atoms with E-state index in [9.17, 15) is 30.0 Å². The van der Waals surface area contributed by atoms with Gasteiger partial charge < -0.3 is 24.8 Å². The van der Waals surface area contributed by atoms with Gasteiger partial charge >= 0.3 is 0 Å². The van der Waals surface area contributed by atoms with E-state index in [1.807, 2.05) is 24.3 Å². The Kier molecular flexibility index (Phi) is 10.9. The Morgan fingerprint density at radius 2 is 1.75 bits per heavy atom. The second kappa shape index (κ2) is 14.8. The van der Waals surface area contributed by atoms with E-state index in [2.05, 4.69) is 24.0 Å². The van der Waals surface area contributed by atoms with Crippen LogP contribution in [0.4, 0.5) is 0 Å². The molecule has 0 bridgehead atoms. The number of carbonyl (C=O) groups is 2. The molecule has 9 nitrogen and oxygen atoms in total. The molecular weight excluding hydrogens is 560 g/mol. The minimum Gasteiger partial charge on any atom is -0.459 e. The SMILES string of the molecule is CCC/C(=C\c1ccc(CO)o1)CC[C@@H](O)C1=C(CO)C[C@H]2C(=O)N(C3CCN(Cc4ccccc4)CC3)C(=O)[C@H]2[C@H]1CO. The maximum absolute atomic E-state index is 13.9. The van der Waals surface area contributed by atoms with Crippen molar-refractivity contribution < 1.29 is 34.4 Å². The van der Waals surface area contributed by atoms with E-state index in [1.54, 1.807) is 12.1 Å². The number of carbonyl (C=O) groups excluding carboxylic acids is 2. The number of aliphatic hydroxyl groups is 4. The molecule has 0 saturated carbocycles. The Morgan fingerprint density at radius 1 is 1.00 bits per heavy atom. The fourth-order valence-electron chi connectivity index (χ4n) is 7.49. The first-order valence-electron chi connectivity index (χ1n) is 16.0. The summed E-state index contributed by atoms with van der Waals surface area (Å²) in [6.07, 6.45) is 5.17. The molecule has 0 unspecified atom stereocenters. The highest BCUT2D eigenvalue weighted by Crippen LogP contribution is 2.47. The number of fused-ring (bicyclic) bond motifs is 1. The molecule has 4 N–H and O–H groups in total. The van der Waals surface area contributed by atoms with Crippen molar-refractivity contribution in [1.82, 2.24) is 9.80 Å². The van der Waals surface area contributed by atoms with Crippen LogP contribution in [0.3, 0.4) is 0 Å². The molecule has 2 fully saturated rings. The number of hydrogen-bond acceptors (Lipinski definition) is 8. The molecule has 4 atom stereocenters. The van der Waals surface area contributed by atoms with Gasteiger partial charge in [-0.3, -0.25) is 19.4 Å². The zero-order chi connectivity index (χ0) is 31.2. The van der Waals surface area contributed by atoms with Crippen molar-refractivity contribution in [3.8, 4) is 0 Å². The first-order chi connectivity index (χ1) is 21.4. The number of nitrogens with zero attached hydrogens (tertiary/aromatic N) is 2. The van der Waals surface area contributed by atoms with Crippen LogP contribution < -0.4 is 0 Å². The molecule has 2 aromatic rings. The summed E-state index contributed by atoms with van der Waals surface area (Å²) in [6.45, 7) is 3.58. The standard InChI is InChI=1S/C35H46N2O7/c1-2-6-23(17-27-10-11-28(21-39)44-27)9-12-31(41)32-25(20-38)18-29-33(30(32)22-40)35(43)37(34(29)42)26-13-15-36(16-14-26)19-24-7-4-3-5-8-24/h3-5,7-8,10-11,17,26,29-31,33,38-41H,2,6,9,12-16,18-22H2,1H3/b23-17+/t29-,30+,31-,33-/m1/s1. The highest BCUT2D eigenvalue weighted by molar-refractivity contribution is 6.06. The Bertz CT molecular complexity index is 1340. The van der Waals surface area contributed by atoms with Crippen LogP contribution in [0.1, 0.15) is 69.0 Å². The molecule has 5 rings (SSSR count). The van der Waals surface area contributed by atoms with Crippen LogP contribution in [0.2, 0.25) is 0 Å². The quantitative estimate of drug-likeness (QED) is 0.201. The van der Waals surface area contributed by atoms with Gasteiger partial charge in [-0.15, -0.1) is 0 Å². The summed E-state index contributed by atoms with van der Waals surface area (Å²) in [5.41, 5.74) is 3.37. The van der Waals surface area contributed by atoms with Crippen molar-refractivity contribution in [1.29, 1.82) is 0 Å². The third-order valence-electron chi connectivity index (χ3n) is 9.63. The molecule has 1 aromatic heterocycles. The highest BCUT2D eigenvalue weighted by Gasteiger charge is 2.56. The van der Waals surface area contributed by atoms with E-state index in [0.717, 1.165) is 38.0 Å². The predicted molar refractivity (Wildman–Crippen MR) is 166 cm³/mol. The molecule has 0 radical (unpaired) electrons. The van der Waals surface area contributed by atoms with Crippen LogP contribution in [0.25, 0.3) is 6.08 Å². The van der Waals surface area contributed by atoms with Gasteiger partial charge in [0.25, 0.3) is 0 Å². The van der Waals surface area contributed by atoms with E-state index in [4.69, 9.17) is 4.42 Å². The van der Waals surface area contributed by atoms with Crippen molar-refractivity contribution in [2.75, 3.05) is 26.3 Å². The molecular formula is C35H46N2O7. The highest BCUT2D eigenvalue weighted by atomic mass is 16.4.